The van der Waals surface area contributed by atoms with Crippen molar-refractivity contribution in [3.63, 3.8) is 0 Å². The lowest BCUT2D eigenvalue weighted by molar-refractivity contribution is -0.662. The standard InChI is InChI=1S/C33H27N2S/c1-34-31-20-19-28(26-13-6-3-7-14-26)23-32(31)36-33(34)18-10-15-27-21-22-35(24-25-11-4-2-5-12-25)30-17-9-8-16-29(27)30/h2-23H,24H2,1H3/q+1. The van der Waals surface area contributed by atoms with Gasteiger partial charge >= 0.3 is 0 Å². The third-order valence-corrected chi connectivity index (χ3v) is 7.81. The number of pyridine rings is 1. The lowest BCUT2D eigenvalue weighted by Gasteiger charge is -2.13. The number of benzene rings is 4. The van der Waals surface area contributed by atoms with Crippen molar-refractivity contribution in [2.45, 2.75) is 11.4 Å². The highest BCUT2D eigenvalue weighted by Gasteiger charge is 2.22. The maximum atomic E-state index is 2.32. The zero-order valence-corrected chi connectivity index (χ0v) is 21.0. The fourth-order valence-corrected chi connectivity index (χ4v) is 5.84. The van der Waals surface area contributed by atoms with Gasteiger partial charge < -0.3 is 4.90 Å². The molecule has 5 aromatic rings. The van der Waals surface area contributed by atoms with Gasteiger partial charge in [0.05, 0.1) is 16.1 Å². The van der Waals surface area contributed by atoms with Crippen LogP contribution in [0.5, 0.6) is 0 Å². The highest BCUT2D eigenvalue weighted by atomic mass is 32.2. The average molecular weight is 484 g/mol. The predicted molar refractivity (Wildman–Crippen MR) is 153 cm³/mol. The van der Waals surface area contributed by atoms with Gasteiger partial charge in [-0.05, 0) is 41.0 Å². The van der Waals surface area contributed by atoms with E-state index in [1.165, 1.54) is 48.8 Å². The number of nitrogens with zero attached hydrogens (tertiary/aromatic N) is 2. The Morgan fingerprint density at radius 2 is 1.53 bits per heavy atom. The van der Waals surface area contributed by atoms with Crippen LogP contribution < -0.4 is 9.47 Å². The number of para-hydroxylation sites is 1. The molecule has 1 aliphatic rings. The summed E-state index contributed by atoms with van der Waals surface area (Å²) in [6.07, 6.45) is 8.80. The average Bonchev–Trinajstić information content (AvgIpc) is 3.25. The van der Waals surface area contributed by atoms with E-state index >= 15 is 0 Å². The van der Waals surface area contributed by atoms with Gasteiger partial charge in [0.1, 0.15) is 0 Å². The van der Waals surface area contributed by atoms with E-state index in [4.69, 9.17) is 0 Å². The van der Waals surface area contributed by atoms with Gasteiger partial charge in [0.25, 0.3) is 0 Å². The van der Waals surface area contributed by atoms with Crippen LogP contribution in [-0.2, 0) is 6.54 Å². The molecule has 1 aliphatic heterocycles. The number of hydrogen-bond donors (Lipinski definition) is 0. The second kappa shape index (κ2) is 9.88. The molecule has 36 heavy (non-hydrogen) atoms. The summed E-state index contributed by atoms with van der Waals surface area (Å²) in [6, 6.07) is 38.8. The van der Waals surface area contributed by atoms with Crippen molar-refractivity contribution in [2.24, 2.45) is 0 Å². The number of hydrogen-bond acceptors (Lipinski definition) is 2. The Labute approximate surface area is 216 Å². The summed E-state index contributed by atoms with van der Waals surface area (Å²) in [4.78, 5) is 3.57. The van der Waals surface area contributed by atoms with E-state index in [9.17, 15) is 0 Å². The van der Waals surface area contributed by atoms with Crippen molar-refractivity contribution in [2.75, 3.05) is 11.9 Å². The van der Waals surface area contributed by atoms with E-state index in [1.54, 1.807) is 0 Å². The van der Waals surface area contributed by atoms with Crippen molar-refractivity contribution in [3.8, 4) is 11.1 Å². The Morgan fingerprint density at radius 3 is 2.36 bits per heavy atom. The highest BCUT2D eigenvalue weighted by Crippen LogP contribution is 2.46. The van der Waals surface area contributed by atoms with Crippen LogP contribution in [-0.4, -0.2) is 7.05 Å². The monoisotopic (exact) mass is 483 g/mol. The van der Waals surface area contributed by atoms with E-state index in [2.05, 4.69) is 150 Å². The number of allylic oxidation sites excluding steroid dienone is 2. The van der Waals surface area contributed by atoms with Gasteiger partial charge in [-0.3, -0.25) is 0 Å². The van der Waals surface area contributed by atoms with Crippen molar-refractivity contribution in [1.29, 1.82) is 0 Å². The number of anilines is 1. The topological polar surface area (TPSA) is 7.12 Å². The lowest BCUT2D eigenvalue weighted by atomic mass is 10.1. The summed E-state index contributed by atoms with van der Waals surface area (Å²) in [6.45, 7) is 0.861. The predicted octanol–water partition coefficient (Wildman–Crippen LogP) is 7.94. The molecule has 2 heterocycles. The summed E-state index contributed by atoms with van der Waals surface area (Å²) in [5, 5.41) is 2.49. The molecule has 174 valence electrons. The van der Waals surface area contributed by atoms with Gasteiger partial charge in [0.15, 0.2) is 12.7 Å². The summed E-state index contributed by atoms with van der Waals surface area (Å²) in [7, 11) is 2.14. The molecule has 0 unspecified atom stereocenters. The quantitative estimate of drug-likeness (QED) is 0.234. The zero-order valence-electron chi connectivity index (χ0n) is 20.2. The van der Waals surface area contributed by atoms with Crippen molar-refractivity contribution >= 4 is 34.4 Å². The van der Waals surface area contributed by atoms with Crippen LogP contribution in [0.15, 0.2) is 137 Å². The van der Waals surface area contributed by atoms with E-state index in [-0.39, 0.29) is 0 Å². The maximum absolute atomic E-state index is 2.32. The van der Waals surface area contributed by atoms with E-state index < -0.39 is 0 Å². The smallest absolute Gasteiger partial charge is 0.213 e. The molecule has 0 fully saturated rings. The van der Waals surface area contributed by atoms with Gasteiger partial charge in [-0.2, -0.15) is 4.57 Å². The first-order valence-electron chi connectivity index (χ1n) is 12.2. The van der Waals surface area contributed by atoms with Crippen LogP contribution in [0, 0.1) is 0 Å². The Hall–Kier alpha value is -4.08. The fourth-order valence-electron chi connectivity index (χ4n) is 4.73. The van der Waals surface area contributed by atoms with Crippen molar-refractivity contribution in [1.82, 2.24) is 0 Å². The van der Waals surface area contributed by atoms with E-state index in [1.807, 2.05) is 11.8 Å². The van der Waals surface area contributed by atoms with E-state index in [0.717, 1.165) is 6.54 Å². The zero-order chi connectivity index (χ0) is 24.3. The first-order chi connectivity index (χ1) is 17.8. The first-order valence-corrected chi connectivity index (χ1v) is 13.0. The molecule has 6 rings (SSSR count). The summed E-state index contributed by atoms with van der Waals surface area (Å²) < 4.78 is 2.32. The molecule has 0 bridgehead atoms. The summed E-state index contributed by atoms with van der Waals surface area (Å²) >= 11 is 1.83. The molecule has 1 aromatic heterocycles. The Morgan fingerprint density at radius 1 is 0.778 bits per heavy atom. The third-order valence-electron chi connectivity index (χ3n) is 6.64. The molecule has 0 N–H and O–H groups in total. The number of fused-ring (bicyclic) bond motifs is 2. The van der Waals surface area contributed by atoms with Crippen LogP contribution in [0.4, 0.5) is 5.69 Å². The summed E-state index contributed by atoms with van der Waals surface area (Å²) in [5.74, 6) is 0. The Kier molecular flexibility index (Phi) is 6.15. The van der Waals surface area contributed by atoms with Gasteiger partial charge in [-0.25, -0.2) is 0 Å². The van der Waals surface area contributed by atoms with Crippen LogP contribution in [0.2, 0.25) is 0 Å². The van der Waals surface area contributed by atoms with Gasteiger partial charge in [-0.1, -0.05) is 103 Å². The molecule has 3 heteroatoms. The maximum Gasteiger partial charge on any atom is 0.213 e. The lowest BCUT2D eigenvalue weighted by Crippen LogP contribution is -2.34. The van der Waals surface area contributed by atoms with Gasteiger partial charge in [0.2, 0.25) is 5.52 Å². The SMILES string of the molecule is CN1C(=CC=Cc2cc[n+](Cc3ccccc3)c3ccccc23)Sc2cc(-c3ccccc3)ccc21. The second-order valence-electron chi connectivity index (χ2n) is 8.98. The van der Waals surface area contributed by atoms with Crippen LogP contribution in [0.3, 0.4) is 0 Å². The van der Waals surface area contributed by atoms with Crippen molar-refractivity contribution in [3.05, 3.63) is 144 Å². The third kappa shape index (κ3) is 4.46. The molecule has 0 amide bonds. The minimum Gasteiger partial charge on any atom is -0.338 e. The van der Waals surface area contributed by atoms with Gasteiger partial charge in [-0.15, -0.1) is 0 Å². The fraction of sp³-hybridized carbons (Fsp3) is 0.0606. The normalized spacial score (nSPS) is 14.1. The van der Waals surface area contributed by atoms with Crippen LogP contribution in [0.1, 0.15) is 11.1 Å². The first kappa shape index (κ1) is 22.4. The minimum absolute atomic E-state index is 0.861. The minimum atomic E-state index is 0.861. The number of rotatable bonds is 5. The van der Waals surface area contributed by atoms with Crippen LogP contribution in [0.25, 0.3) is 28.1 Å². The Bertz CT molecular complexity index is 1590. The molecule has 0 spiro atoms. The molecular formula is C33H27N2S+. The van der Waals surface area contributed by atoms with E-state index in [0.29, 0.717) is 0 Å². The highest BCUT2D eigenvalue weighted by molar-refractivity contribution is 8.03. The molecule has 0 aliphatic carbocycles. The van der Waals surface area contributed by atoms with Crippen molar-refractivity contribution < 1.29 is 4.57 Å². The van der Waals surface area contributed by atoms with Gasteiger partial charge in [0, 0.05) is 29.6 Å². The molecule has 0 radical (unpaired) electrons. The molecule has 2 nitrogen and oxygen atoms in total. The second-order valence-corrected chi connectivity index (χ2v) is 10.0. The Balaban J connectivity index is 1.25. The molecule has 4 aromatic carbocycles. The number of thioether (sulfide) groups is 1. The molecule has 0 atom stereocenters. The molecule has 0 saturated carbocycles. The number of aromatic nitrogens is 1. The van der Waals surface area contributed by atoms with Crippen LogP contribution >= 0.6 is 11.8 Å². The molecule has 0 saturated heterocycles. The molecular weight excluding hydrogens is 456 g/mol. The largest absolute Gasteiger partial charge is 0.338 e. The summed E-state index contributed by atoms with van der Waals surface area (Å²) in [5.41, 5.74) is 7.53.